The van der Waals surface area contributed by atoms with Crippen LogP contribution in [0.1, 0.15) is 51.5 Å². The van der Waals surface area contributed by atoms with E-state index in [0.29, 0.717) is 18.2 Å². The average molecular weight is 313 g/mol. The molecule has 124 valence electrons. The molecule has 2 fully saturated rings. The van der Waals surface area contributed by atoms with E-state index in [0.717, 1.165) is 24.1 Å². The standard InChI is InChI=1S/C18H27N5/c1-13(2)22-11-5-6-14(22)12-17-21-15-7-3-10-20-18(15)23(17)16-8-4-9-19-16/h3,7,10,13-14,16,19H,4-6,8-9,11-12H2,1-2H3. The van der Waals surface area contributed by atoms with E-state index in [9.17, 15) is 0 Å². The first-order chi connectivity index (χ1) is 11.2. The van der Waals surface area contributed by atoms with Crippen LogP contribution in [0.4, 0.5) is 0 Å². The second-order valence-electron chi connectivity index (χ2n) is 7.19. The first kappa shape index (κ1) is 15.1. The first-order valence-corrected chi connectivity index (χ1v) is 9.05. The van der Waals surface area contributed by atoms with Crippen LogP contribution in [0, 0.1) is 0 Å². The quantitative estimate of drug-likeness (QED) is 0.943. The van der Waals surface area contributed by atoms with Gasteiger partial charge in [0.2, 0.25) is 0 Å². The predicted octanol–water partition coefficient (Wildman–Crippen LogP) is 2.73. The minimum Gasteiger partial charge on any atom is -0.298 e. The molecule has 0 saturated carbocycles. The molecule has 2 saturated heterocycles. The Morgan fingerprint density at radius 3 is 3.00 bits per heavy atom. The Morgan fingerprint density at radius 1 is 1.30 bits per heavy atom. The maximum Gasteiger partial charge on any atom is 0.161 e. The first-order valence-electron chi connectivity index (χ1n) is 9.05. The lowest BCUT2D eigenvalue weighted by Crippen LogP contribution is -2.37. The van der Waals surface area contributed by atoms with Crippen LogP contribution in [0.25, 0.3) is 11.2 Å². The molecule has 4 rings (SSSR count). The highest BCUT2D eigenvalue weighted by Gasteiger charge is 2.30. The summed E-state index contributed by atoms with van der Waals surface area (Å²) in [5.74, 6) is 1.20. The van der Waals surface area contributed by atoms with Crippen LogP contribution >= 0.6 is 0 Å². The van der Waals surface area contributed by atoms with Crippen molar-refractivity contribution in [1.82, 2.24) is 24.8 Å². The fourth-order valence-electron chi connectivity index (χ4n) is 4.30. The van der Waals surface area contributed by atoms with Gasteiger partial charge in [0.1, 0.15) is 11.3 Å². The number of aromatic nitrogens is 3. The normalized spacial score (nSPS) is 25.9. The van der Waals surface area contributed by atoms with E-state index in [1.165, 1.54) is 38.1 Å². The number of nitrogens with zero attached hydrogens (tertiary/aromatic N) is 4. The van der Waals surface area contributed by atoms with E-state index < -0.39 is 0 Å². The molecule has 2 atom stereocenters. The molecule has 0 spiro atoms. The van der Waals surface area contributed by atoms with Gasteiger partial charge in [-0.3, -0.25) is 14.8 Å². The molecule has 2 aromatic heterocycles. The lowest BCUT2D eigenvalue weighted by atomic mass is 10.1. The van der Waals surface area contributed by atoms with Gasteiger partial charge >= 0.3 is 0 Å². The van der Waals surface area contributed by atoms with E-state index in [1.807, 2.05) is 12.3 Å². The monoisotopic (exact) mass is 313 g/mol. The zero-order valence-electron chi connectivity index (χ0n) is 14.2. The number of pyridine rings is 1. The van der Waals surface area contributed by atoms with Crippen molar-refractivity contribution in [1.29, 1.82) is 0 Å². The van der Waals surface area contributed by atoms with Gasteiger partial charge in [0.05, 0.1) is 6.17 Å². The maximum absolute atomic E-state index is 4.95. The summed E-state index contributed by atoms with van der Waals surface area (Å²) in [6.07, 6.45) is 8.28. The topological polar surface area (TPSA) is 46.0 Å². The van der Waals surface area contributed by atoms with Crippen LogP contribution < -0.4 is 5.32 Å². The summed E-state index contributed by atoms with van der Waals surface area (Å²) in [5.41, 5.74) is 2.07. The third-order valence-electron chi connectivity index (χ3n) is 5.37. The molecule has 2 aliphatic heterocycles. The van der Waals surface area contributed by atoms with Gasteiger partial charge < -0.3 is 0 Å². The molecule has 5 nitrogen and oxygen atoms in total. The maximum atomic E-state index is 4.95. The van der Waals surface area contributed by atoms with Gasteiger partial charge in [-0.25, -0.2) is 9.97 Å². The van der Waals surface area contributed by atoms with Crippen molar-refractivity contribution in [2.24, 2.45) is 0 Å². The Kier molecular flexibility index (Phi) is 4.07. The van der Waals surface area contributed by atoms with Crippen molar-refractivity contribution in [2.75, 3.05) is 13.1 Å². The fraction of sp³-hybridized carbons (Fsp3) is 0.667. The average Bonchev–Trinajstić information content (AvgIpc) is 3.25. The van der Waals surface area contributed by atoms with Crippen molar-refractivity contribution in [3.05, 3.63) is 24.2 Å². The number of hydrogen-bond acceptors (Lipinski definition) is 4. The summed E-state index contributed by atoms with van der Waals surface area (Å²) < 4.78 is 2.37. The summed E-state index contributed by atoms with van der Waals surface area (Å²) in [7, 11) is 0. The van der Waals surface area contributed by atoms with Gasteiger partial charge in [0.15, 0.2) is 5.65 Å². The lowest BCUT2D eigenvalue weighted by Gasteiger charge is -2.28. The lowest BCUT2D eigenvalue weighted by molar-refractivity contribution is 0.199. The van der Waals surface area contributed by atoms with Crippen LogP contribution in [-0.4, -0.2) is 44.6 Å². The van der Waals surface area contributed by atoms with Crippen molar-refractivity contribution in [3.8, 4) is 0 Å². The highest BCUT2D eigenvalue weighted by atomic mass is 15.3. The molecular weight excluding hydrogens is 286 g/mol. The largest absolute Gasteiger partial charge is 0.298 e. The number of fused-ring (bicyclic) bond motifs is 1. The van der Waals surface area contributed by atoms with E-state index >= 15 is 0 Å². The molecular formula is C18H27N5. The second-order valence-corrected chi connectivity index (χ2v) is 7.19. The summed E-state index contributed by atoms with van der Waals surface area (Å²) in [5, 5.41) is 3.62. The molecule has 0 aliphatic carbocycles. The molecule has 0 bridgehead atoms. The summed E-state index contributed by atoms with van der Waals surface area (Å²) in [6, 6.07) is 5.31. The highest BCUT2D eigenvalue weighted by Crippen LogP contribution is 2.28. The van der Waals surface area contributed by atoms with Crippen LogP contribution in [-0.2, 0) is 6.42 Å². The minimum absolute atomic E-state index is 0.360. The third kappa shape index (κ3) is 2.76. The summed E-state index contributed by atoms with van der Waals surface area (Å²) >= 11 is 0. The molecule has 0 radical (unpaired) electrons. The number of likely N-dealkylation sites (tertiary alicyclic amines) is 1. The molecule has 0 amide bonds. The van der Waals surface area contributed by atoms with E-state index in [1.54, 1.807) is 0 Å². The molecule has 5 heteroatoms. The smallest absolute Gasteiger partial charge is 0.161 e. The van der Waals surface area contributed by atoms with Crippen LogP contribution in [0.3, 0.4) is 0 Å². The zero-order valence-corrected chi connectivity index (χ0v) is 14.2. The summed E-state index contributed by atoms with van der Waals surface area (Å²) in [6.45, 7) is 6.93. The predicted molar refractivity (Wildman–Crippen MR) is 92.4 cm³/mol. The molecule has 0 aromatic carbocycles. The number of imidazole rings is 1. The van der Waals surface area contributed by atoms with Gasteiger partial charge in [0.25, 0.3) is 0 Å². The van der Waals surface area contributed by atoms with Crippen molar-refractivity contribution in [2.45, 2.75) is 64.2 Å². The molecule has 2 aromatic rings. The van der Waals surface area contributed by atoms with Gasteiger partial charge in [-0.1, -0.05) is 0 Å². The Labute approximate surface area is 138 Å². The van der Waals surface area contributed by atoms with Gasteiger partial charge in [-0.2, -0.15) is 0 Å². The van der Waals surface area contributed by atoms with Crippen LogP contribution in [0.5, 0.6) is 0 Å². The van der Waals surface area contributed by atoms with Crippen molar-refractivity contribution in [3.63, 3.8) is 0 Å². The minimum atomic E-state index is 0.360. The Bertz CT molecular complexity index is 671. The van der Waals surface area contributed by atoms with Gasteiger partial charge in [-0.15, -0.1) is 0 Å². The Morgan fingerprint density at radius 2 is 2.22 bits per heavy atom. The molecule has 23 heavy (non-hydrogen) atoms. The third-order valence-corrected chi connectivity index (χ3v) is 5.37. The SMILES string of the molecule is CC(C)N1CCCC1Cc1nc2cccnc2n1C1CCCN1. The van der Waals surface area contributed by atoms with Gasteiger partial charge in [-0.05, 0) is 64.8 Å². The summed E-state index contributed by atoms with van der Waals surface area (Å²) in [4.78, 5) is 12.2. The molecule has 4 heterocycles. The van der Waals surface area contributed by atoms with E-state index in [2.05, 4.69) is 39.7 Å². The van der Waals surface area contributed by atoms with Gasteiger partial charge in [0, 0.05) is 24.7 Å². The molecule has 2 aliphatic rings. The number of hydrogen-bond donors (Lipinski definition) is 1. The number of rotatable bonds is 4. The van der Waals surface area contributed by atoms with Crippen LogP contribution in [0.15, 0.2) is 18.3 Å². The van der Waals surface area contributed by atoms with Crippen molar-refractivity contribution < 1.29 is 0 Å². The van der Waals surface area contributed by atoms with E-state index in [4.69, 9.17) is 4.98 Å². The zero-order chi connectivity index (χ0) is 15.8. The van der Waals surface area contributed by atoms with Crippen molar-refractivity contribution >= 4 is 11.2 Å². The number of nitrogens with one attached hydrogen (secondary N) is 1. The highest BCUT2D eigenvalue weighted by molar-refractivity contribution is 5.71. The second kappa shape index (κ2) is 6.21. The van der Waals surface area contributed by atoms with E-state index in [-0.39, 0.29) is 0 Å². The Balaban J connectivity index is 1.69. The molecule has 1 N–H and O–H groups in total. The Hall–Kier alpha value is -1.46. The molecule has 2 unspecified atom stereocenters. The van der Waals surface area contributed by atoms with Crippen LogP contribution in [0.2, 0.25) is 0 Å². The fourth-order valence-corrected chi connectivity index (χ4v) is 4.30.